The van der Waals surface area contributed by atoms with Crippen LogP contribution in [0.1, 0.15) is 30.5 Å². The second-order valence-electron chi connectivity index (χ2n) is 7.22. The molecular weight excluding hydrogens is 376 g/mol. The van der Waals surface area contributed by atoms with Gasteiger partial charge in [-0.1, -0.05) is 0 Å². The van der Waals surface area contributed by atoms with Crippen LogP contribution in [0.5, 0.6) is 0 Å². The standard InChI is InChI=1S/C21H24N2O4S/c1-13(2)23-28(25,26)18-7-5-17(6-8-18)22-21(24)11-16-12-27-20-10-15(4)14(3)9-19(16)20/h5-10,12-13,23H,11H2,1-4H3,(H,22,24). The molecule has 0 spiro atoms. The zero-order valence-electron chi connectivity index (χ0n) is 16.4. The van der Waals surface area contributed by atoms with Crippen molar-refractivity contribution in [3.8, 4) is 0 Å². The summed E-state index contributed by atoms with van der Waals surface area (Å²) in [6.45, 7) is 7.56. The summed E-state index contributed by atoms with van der Waals surface area (Å²) in [5.74, 6) is -0.197. The third-order valence-electron chi connectivity index (χ3n) is 4.46. The minimum atomic E-state index is -3.55. The van der Waals surface area contributed by atoms with Crippen LogP contribution >= 0.6 is 0 Å². The molecule has 6 nitrogen and oxygen atoms in total. The van der Waals surface area contributed by atoms with E-state index in [-0.39, 0.29) is 23.3 Å². The number of benzene rings is 2. The topological polar surface area (TPSA) is 88.4 Å². The monoisotopic (exact) mass is 400 g/mol. The Hall–Kier alpha value is -2.64. The molecule has 0 fully saturated rings. The van der Waals surface area contributed by atoms with Crippen LogP contribution in [0, 0.1) is 13.8 Å². The normalized spacial score (nSPS) is 11.9. The van der Waals surface area contributed by atoms with E-state index in [9.17, 15) is 13.2 Å². The number of hydrogen-bond acceptors (Lipinski definition) is 4. The molecule has 0 radical (unpaired) electrons. The maximum absolute atomic E-state index is 12.4. The van der Waals surface area contributed by atoms with Crippen LogP contribution in [0.3, 0.4) is 0 Å². The number of carbonyl (C=O) groups is 1. The zero-order valence-corrected chi connectivity index (χ0v) is 17.2. The molecule has 1 aromatic heterocycles. The predicted molar refractivity (Wildman–Crippen MR) is 110 cm³/mol. The van der Waals surface area contributed by atoms with Crippen molar-refractivity contribution in [2.75, 3.05) is 5.32 Å². The first-order valence-corrected chi connectivity index (χ1v) is 10.5. The van der Waals surface area contributed by atoms with E-state index in [0.29, 0.717) is 5.69 Å². The van der Waals surface area contributed by atoms with Gasteiger partial charge in [-0.05, 0) is 75.2 Å². The van der Waals surface area contributed by atoms with Crippen molar-refractivity contribution in [2.24, 2.45) is 0 Å². The molecule has 3 aromatic rings. The lowest BCUT2D eigenvalue weighted by molar-refractivity contribution is -0.115. The van der Waals surface area contributed by atoms with Gasteiger partial charge in [-0.2, -0.15) is 0 Å². The fourth-order valence-corrected chi connectivity index (χ4v) is 4.20. The van der Waals surface area contributed by atoms with Crippen molar-refractivity contribution >= 4 is 32.6 Å². The lowest BCUT2D eigenvalue weighted by Crippen LogP contribution is -2.30. The summed E-state index contributed by atoms with van der Waals surface area (Å²) in [6.07, 6.45) is 1.78. The quantitative estimate of drug-likeness (QED) is 0.656. The Balaban J connectivity index is 1.71. The Labute approximate surface area is 165 Å². The average molecular weight is 401 g/mol. The largest absolute Gasteiger partial charge is 0.464 e. The Morgan fingerprint density at radius 3 is 2.36 bits per heavy atom. The number of rotatable bonds is 6. The highest BCUT2D eigenvalue weighted by molar-refractivity contribution is 7.89. The molecule has 0 aliphatic carbocycles. The fourth-order valence-electron chi connectivity index (χ4n) is 2.95. The van der Waals surface area contributed by atoms with E-state index in [1.54, 1.807) is 32.2 Å². The lowest BCUT2D eigenvalue weighted by atomic mass is 10.0. The maximum atomic E-state index is 12.4. The molecule has 1 heterocycles. The van der Waals surface area contributed by atoms with Crippen LogP contribution in [-0.4, -0.2) is 20.4 Å². The summed E-state index contributed by atoms with van der Waals surface area (Å²) >= 11 is 0. The number of aryl methyl sites for hydroxylation is 2. The van der Waals surface area contributed by atoms with Gasteiger partial charge in [0.05, 0.1) is 17.6 Å². The van der Waals surface area contributed by atoms with Crippen molar-refractivity contribution in [2.45, 2.75) is 45.1 Å². The van der Waals surface area contributed by atoms with Crippen LogP contribution in [0.25, 0.3) is 11.0 Å². The molecule has 28 heavy (non-hydrogen) atoms. The van der Waals surface area contributed by atoms with E-state index in [1.807, 2.05) is 26.0 Å². The van der Waals surface area contributed by atoms with Crippen LogP contribution in [0.2, 0.25) is 0 Å². The Morgan fingerprint density at radius 2 is 1.71 bits per heavy atom. The number of furan rings is 1. The first-order valence-electron chi connectivity index (χ1n) is 9.05. The number of carbonyl (C=O) groups excluding carboxylic acids is 1. The molecule has 3 rings (SSSR count). The summed E-state index contributed by atoms with van der Waals surface area (Å²) < 4.78 is 32.4. The molecule has 2 N–H and O–H groups in total. The fraction of sp³-hybridized carbons (Fsp3) is 0.286. The maximum Gasteiger partial charge on any atom is 0.240 e. The first kappa shape index (κ1) is 20.1. The summed E-state index contributed by atoms with van der Waals surface area (Å²) in [4.78, 5) is 12.6. The van der Waals surface area contributed by atoms with Crippen LogP contribution in [0.4, 0.5) is 5.69 Å². The van der Waals surface area contributed by atoms with Crippen molar-refractivity contribution in [3.63, 3.8) is 0 Å². The third kappa shape index (κ3) is 4.43. The highest BCUT2D eigenvalue weighted by atomic mass is 32.2. The van der Waals surface area contributed by atoms with Gasteiger partial charge in [0.15, 0.2) is 0 Å². The highest BCUT2D eigenvalue weighted by Crippen LogP contribution is 2.25. The molecule has 2 aromatic carbocycles. The Kier molecular flexibility index (Phi) is 5.58. The van der Waals surface area contributed by atoms with E-state index in [4.69, 9.17) is 4.42 Å². The molecule has 148 valence electrons. The number of amides is 1. The second-order valence-corrected chi connectivity index (χ2v) is 8.93. The molecule has 7 heteroatoms. The van der Waals surface area contributed by atoms with Gasteiger partial charge in [0, 0.05) is 22.7 Å². The number of anilines is 1. The van der Waals surface area contributed by atoms with Crippen LogP contribution in [-0.2, 0) is 21.2 Å². The number of hydrogen-bond donors (Lipinski definition) is 2. The van der Waals surface area contributed by atoms with Crippen molar-refractivity contribution < 1.29 is 17.6 Å². The third-order valence-corrected chi connectivity index (χ3v) is 6.13. The minimum absolute atomic E-state index is 0.158. The molecule has 0 aliphatic rings. The molecule has 0 bridgehead atoms. The molecule has 0 saturated heterocycles. The average Bonchev–Trinajstić information content (AvgIpc) is 2.96. The molecule has 0 saturated carbocycles. The summed E-state index contributed by atoms with van der Waals surface area (Å²) in [6, 6.07) is 9.90. The number of fused-ring (bicyclic) bond motifs is 1. The van der Waals surface area contributed by atoms with Gasteiger partial charge in [-0.15, -0.1) is 0 Å². The first-order chi connectivity index (χ1) is 13.2. The van der Waals surface area contributed by atoms with E-state index in [1.165, 1.54) is 12.1 Å². The van der Waals surface area contributed by atoms with Gasteiger partial charge in [0.2, 0.25) is 15.9 Å². The SMILES string of the molecule is Cc1cc2occ(CC(=O)Nc3ccc(S(=O)(=O)NC(C)C)cc3)c2cc1C. The molecule has 0 aliphatic heterocycles. The zero-order chi connectivity index (χ0) is 20.5. The second kappa shape index (κ2) is 7.77. The van der Waals surface area contributed by atoms with Gasteiger partial charge in [0.1, 0.15) is 5.58 Å². The molecular formula is C21H24N2O4S. The van der Waals surface area contributed by atoms with Gasteiger partial charge in [0.25, 0.3) is 0 Å². The Bertz CT molecular complexity index is 1110. The molecule has 0 atom stereocenters. The Morgan fingerprint density at radius 1 is 1.07 bits per heavy atom. The van der Waals surface area contributed by atoms with Crippen LogP contribution < -0.4 is 10.0 Å². The van der Waals surface area contributed by atoms with Crippen molar-refractivity contribution in [1.29, 1.82) is 0 Å². The predicted octanol–water partition coefficient (Wildman–Crippen LogP) is 3.92. The number of nitrogens with one attached hydrogen (secondary N) is 2. The van der Waals surface area contributed by atoms with Gasteiger partial charge in [-0.3, -0.25) is 4.79 Å². The van der Waals surface area contributed by atoms with Crippen molar-refractivity contribution in [3.05, 3.63) is 59.4 Å². The van der Waals surface area contributed by atoms with Gasteiger partial charge < -0.3 is 9.73 Å². The minimum Gasteiger partial charge on any atom is -0.464 e. The highest BCUT2D eigenvalue weighted by Gasteiger charge is 2.16. The summed E-state index contributed by atoms with van der Waals surface area (Å²) in [5.41, 5.74) is 4.39. The number of sulfonamides is 1. The van der Waals surface area contributed by atoms with E-state index < -0.39 is 10.0 Å². The lowest BCUT2D eigenvalue weighted by Gasteiger charge is -2.10. The molecule has 0 unspecified atom stereocenters. The summed E-state index contributed by atoms with van der Waals surface area (Å²) in [5, 5.41) is 3.72. The van der Waals surface area contributed by atoms with E-state index in [0.717, 1.165) is 27.7 Å². The van der Waals surface area contributed by atoms with Crippen LogP contribution in [0.15, 0.2) is 52.0 Å². The molecule has 1 amide bonds. The van der Waals surface area contributed by atoms with Crippen molar-refractivity contribution in [1.82, 2.24) is 4.72 Å². The summed E-state index contributed by atoms with van der Waals surface area (Å²) in [7, 11) is -3.55. The smallest absolute Gasteiger partial charge is 0.240 e. The van der Waals surface area contributed by atoms with Gasteiger partial charge >= 0.3 is 0 Å². The van der Waals surface area contributed by atoms with Gasteiger partial charge in [-0.25, -0.2) is 13.1 Å². The van der Waals surface area contributed by atoms with E-state index in [2.05, 4.69) is 10.0 Å². The van der Waals surface area contributed by atoms with E-state index >= 15 is 0 Å².